The average molecular weight is 452 g/mol. The third-order valence-corrected chi connectivity index (χ3v) is 7.45. The fourth-order valence-electron chi connectivity index (χ4n) is 4.12. The van der Waals surface area contributed by atoms with Crippen molar-refractivity contribution in [2.75, 3.05) is 31.1 Å². The summed E-state index contributed by atoms with van der Waals surface area (Å²) in [4.78, 5) is 4.04. The summed E-state index contributed by atoms with van der Waals surface area (Å²) in [6, 6.07) is 9.86. The Balaban J connectivity index is 1.85. The first-order valence-corrected chi connectivity index (χ1v) is 11.6. The van der Waals surface area contributed by atoms with Crippen LogP contribution in [0.25, 0.3) is 10.9 Å². The maximum Gasteiger partial charge on any atom is 0.268 e. The minimum Gasteiger partial charge on any atom is -0.368 e. The number of alkyl halides is 2. The number of hydrogen-bond donors (Lipinski definition) is 0. The van der Waals surface area contributed by atoms with Crippen LogP contribution < -0.4 is 4.90 Å². The van der Waals surface area contributed by atoms with Gasteiger partial charge in [0.2, 0.25) is 0 Å². The second-order valence-corrected chi connectivity index (χ2v) is 9.75. The van der Waals surface area contributed by atoms with Crippen LogP contribution in [0, 0.1) is 5.82 Å². The van der Waals surface area contributed by atoms with E-state index < -0.39 is 22.3 Å². The van der Waals surface area contributed by atoms with Crippen molar-refractivity contribution in [1.29, 1.82) is 0 Å². The standard InChI is InChI=1S/C22H24F3N3O2S/c1-15(2)26-9-11-27(12-10-26)19-7-4-8-20-21(19)18(22(24)25)14-28(20)31(29,30)17-6-3-5-16(23)13-17/h3-8,13-15,22H,9-12H2,1-2H3. The van der Waals surface area contributed by atoms with E-state index in [2.05, 4.69) is 18.7 Å². The molecule has 0 N–H and O–H groups in total. The van der Waals surface area contributed by atoms with Gasteiger partial charge in [-0.25, -0.2) is 25.6 Å². The van der Waals surface area contributed by atoms with Gasteiger partial charge >= 0.3 is 0 Å². The molecule has 166 valence electrons. The second kappa shape index (κ2) is 8.20. The van der Waals surface area contributed by atoms with Gasteiger partial charge in [-0.05, 0) is 44.2 Å². The summed E-state index contributed by atoms with van der Waals surface area (Å²) in [5, 5.41) is 0.218. The fraction of sp³-hybridized carbons (Fsp3) is 0.364. The van der Waals surface area contributed by atoms with E-state index in [1.165, 1.54) is 18.2 Å². The molecule has 2 heterocycles. The normalized spacial score (nSPS) is 16.0. The molecular weight excluding hydrogens is 427 g/mol. The molecule has 1 aliphatic heterocycles. The number of piperazine rings is 1. The highest BCUT2D eigenvalue weighted by atomic mass is 32.2. The second-order valence-electron chi connectivity index (χ2n) is 7.93. The van der Waals surface area contributed by atoms with E-state index in [0.717, 1.165) is 35.4 Å². The van der Waals surface area contributed by atoms with Crippen molar-refractivity contribution in [2.45, 2.75) is 31.2 Å². The van der Waals surface area contributed by atoms with Crippen molar-refractivity contribution in [3.8, 4) is 0 Å². The van der Waals surface area contributed by atoms with Crippen LogP contribution in [0.5, 0.6) is 0 Å². The molecule has 31 heavy (non-hydrogen) atoms. The third-order valence-electron chi connectivity index (χ3n) is 5.78. The number of aromatic nitrogens is 1. The number of benzene rings is 2. The molecule has 1 fully saturated rings. The number of nitrogens with zero attached hydrogens (tertiary/aromatic N) is 3. The molecular formula is C22H24F3N3O2S. The van der Waals surface area contributed by atoms with Gasteiger partial charge in [0.05, 0.1) is 10.4 Å². The van der Waals surface area contributed by atoms with Gasteiger partial charge in [0.15, 0.2) is 0 Å². The first-order valence-electron chi connectivity index (χ1n) is 10.1. The highest BCUT2D eigenvalue weighted by Gasteiger charge is 2.28. The van der Waals surface area contributed by atoms with E-state index in [-0.39, 0.29) is 21.4 Å². The summed E-state index contributed by atoms with van der Waals surface area (Å²) in [6.45, 7) is 7.12. The van der Waals surface area contributed by atoms with Crippen LogP contribution in [0.15, 0.2) is 53.6 Å². The van der Waals surface area contributed by atoms with E-state index in [0.29, 0.717) is 24.8 Å². The van der Waals surface area contributed by atoms with Crippen LogP contribution >= 0.6 is 0 Å². The average Bonchev–Trinajstić information content (AvgIpc) is 3.15. The molecule has 5 nitrogen and oxygen atoms in total. The smallest absolute Gasteiger partial charge is 0.268 e. The van der Waals surface area contributed by atoms with Crippen LogP contribution in [-0.2, 0) is 10.0 Å². The quantitative estimate of drug-likeness (QED) is 0.574. The summed E-state index contributed by atoms with van der Waals surface area (Å²) in [5.41, 5.74) is 0.393. The largest absolute Gasteiger partial charge is 0.368 e. The Morgan fingerprint density at radius 3 is 2.26 bits per heavy atom. The zero-order chi connectivity index (χ0) is 22.3. The minimum absolute atomic E-state index is 0.156. The maximum atomic E-state index is 14.0. The molecule has 1 aromatic heterocycles. The number of anilines is 1. The molecule has 1 saturated heterocycles. The molecule has 2 aromatic carbocycles. The van der Waals surface area contributed by atoms with E-state index in [4.69, 9.17) is 0 Å². The Kier molecular flexibility index (Phi) is 5.74. The topological polar surface area (TPSA) is 45.5 Å². The Hall–Kier alpha value is -2.52. The van der Waals surface area contributed by atoms with Crippen molar-refractivity contribution < 1.29 is 21.6 Å². The number of halogens is 3. The zero-order valence-electron chi connectivity index (χ0n) is 17.3. The highest BCUT2D eigenvalue weighted by Crippen LogP contribution is 2.38. The number of rotatable bonds is 5. The summed E-state index contributed by atoms with van der Waals surface area (Å²) in [5.74, 6) is -0.713. The Morgan fingerprint density at radius 2 is 1.65 bits per heavy atom. The molecule has 0 amide bonds. The molecule has 0 spiro atoms. The van der Waals surface area contributed by atoms with Crippen molar-refractivity contribution in [3.63, 3.8) is 0 Å². The van der Waals surface area contributed by atoms with Gasteiger partial charge in [-0.15, -0.1) is 0 Å². The predicted molar refractivity (Wildman–Crippen MR) is 115 cm³/mol. The first kappa shape index (κ1) is 21.7. The molecule has 0 saturated carbocycles. The molecule has 1 aliphatic rings. The van der Waals surface area contributed by atoms with Gasteiger partial charge in [-0.1, -0.05) is 12.1 Å². The lowest BCUT2D eigenvalue weighted by Gasteiger charge is -2.38. The van der Waals surface area contributed by atoms with Crippen molar-refractivity contribution in [1.82, 2.24) is 8.87 Å². The van der Waals surface area contributed by atoms with E-state index >= 15 is 0 Å². The van der Waals surface area contributed by atoms with Gasteiger partial charge in [0.25, 0.3) is 16.4 Å². The van der Waals surface area contributed by atoms with Crippen LogP contribution in [0.3, 0.4) is 0 Å². The van der Waals surface area contributed by atoms with Crippen LogP contribution in [0.4, 0.5) is 18.9 Å². The van der Waals surface area contributed by atoms with Gasteiger partial charge in [-0.3, -0.25) is 4.90 Å². The van der Waals surface area contributed by atoms with Crippen LogP contribution in [0.1, 0.15) is 25.8 Å². The van der Waals surface area contributed by atoms with Crippen molar-refractivity contribution >= 4 is 26.6 Å². The monoisotopic (exact) mass is 451 g/mol. The Morgan fingerprint density at radius 1 is 0.968 bits per heavy atom. The van der Waals surface area contributed by atoms with Crippen molar-refractivity contribution in [3.05, 3.63) is 60.0 Å². The predicted octanol–water partition coefficient (Wildman–Crippen LogP) is 4.49. The highest BCUT2D eigenvalue weighted by molar-refractivity contribution is 7.90. The number of hydrogen-bond acceptors (Lipinski definition) is 4. The van der Waals surface area contributed by atoms with Crippen LogP contribution in [0.2, 0.25) is 0 Å². The Bertz CT molecular complexity index is 1200. The zero-order valence-corrected chi connectivity index (χ0v) is 18.1. The fourth-order valence-corrected chi connectivity index (χ4v) is 5.52. The van der Waals surface area contributed by atoms with Gasteiger partial charge in [0, 0.05) is 55.1 Å². The van der Waals surface area contributed by atoms with E-state index in [1.807, 2.05) is 4.90 Å². The molecule has 3 aromatic rings. The van der Waals surface area contributed by atoms with Gasteiger partial charge < -0.3 is 4.90 Å². The molecule has 0 atom stereocenters. The molecule has 0 bridgehead atoms. The number of fused-ring (bicyclic) bond motifs is 1. The lowest BCUT2D eigenvalue weighted by atomic mass is 10.1. The van der Waals surface area contributed by atoms with Crippen molar-refractivity contribution in [2.24, 2.45) is 0 Å². The van der Waals surface area contributed by atoms with Gasteiger partial charge in [-0.2, -0.15) is 0 Å². The third kappa shape index (κ3) is 3.92. The molecule has 9 heteroatoms. The summed E-state index contributed by atoms with van der Waals surface area (Å²) < 4.78 is 68.8. The molecule has 4 rings (SSSR count). The van der Waals surface area contributed by atoms with E-state index in [1.54, 1.807) is 12.1 Å². The minimum atomic E-state index is -4.25. The SMILES string of the molecule is CC(C)N1CCN(c2cccc3c2c(C(F)F)cn3S(=O)(=O)c2cccc(F)c2)CC1. The maximum absolute atomic E-state index is 14.0. The van der Waals surface area contributed by atoms with Crippen LogP contribution in [-0.4, -0.2) is 49.5 Å². The summed E-state index contributed by atoms with van der Waals surface area (Å²) in [7, 11) is -4.25. The first-order chi connectivity index (χ1) is 14.7. The lowest BCUT2D eigenvalue weighted by molar-refractivity contribution is 0.153. The molecule has 0 radical (unpaired) electrons. The molecule has 0 unspecified atom stereocenters. The summed E-state index contributed by atoms with van der Waals surface area (Å²) in [6.07, 6.45) is -1.90. The Labute approximate surface area is 179 Å². The van der Waals surface area contributed by atoms with Gasteiger partial charge in [0.1, 0.15) is 5.82 Å². The molecule has 0 aliphatic carbocycles. The van der Waals surface area contributed by atoms with E-state index in [9.17, 15) is 21.6 Å². The lowest BCUT2D eigenvalue weighted by Crippen LogP contribution is -2.49. The summed E-state index contributed by atoms with van der Waals surface area (Å²) >= 11 is 0.